The molecule has 0 N–H and O–H groups in total. The van der Waals surface area contributed by atoms with E-state index in [9.17, 15) is 4.79 Å². The maximum atomic E-state index is 13.1. The first-order valence-electron chi connectivity index (χ1n) is 10.7. The van der Waals surface area contributed by atoms with E-state index in [2.05, 4.69) is 32.7 Å². The average Bonchev–Trinajstić information content (AvgIpc) is 3.48. The van der Waals surface area contributed by atoms with Gasteiger partial charge in [0.15, 0.2) is 0 Å². The molecule has 1 aromatic carbocycles. The van der Waals surface area contributed by atoms with Gasteiger partial charge in [-0.25, -0.2) is 9.97 Å². The summed E-state index contributed by atoms with van der Waals surface area (Å²) in [6, 6.07) is 16.3. The Morgan fingerprint density at radius 3 is 2.69 bits per heavy atom. The fourth-order valence-corrected chi connectivity index (χ4v) is 4.96. The zero-order chi connectivity index (χ0) is 21.9. The molecule has 0 bridgehead atoms. The molecule has 3 aromatic heterocycles. The number of aromatic nitrogens is 3. The number of pyridine rings is 1. The lowest BCUT2D eigenvalue weighted by Gasteiger charge is -2.35. The number of benzene rings is 1. The monoisotopic (exact) mass is 447 g/mol. The number of piperazine rings is 1. The molecular formula is C24H25N5O2S. The highest BCUT2D eigenvalue weighted by molar-refractivity contribution is 7.13. The molecule has 0 radical (unpaired) electrons. The number of anilines is 1. The minimum Gasteiger partial charge on any atom is -0.383 e. The molecule has 0 saturated carbocycles. The third kappa shape index (κ3) is 3.99. The standard InChI is InChI=1S/C24H25N5O2S/c1-31-15-14-29-20-7-3-2-6-18(20)16-21(29)23-26-19(17-32-23)24(30)28-12-10-27(11-13-28)22-8-4-5-9-25-22/h2-9,16-17H,10-15H2,1H3. The third-order valence-corrected chi connectivity index (χ3v) is 6.68. The quantitative estimate of drug-likeness (QED) is 0.450. The fourth-order valence-electron chi connectivity index (χ4n) is 4.14. The zero-order valence-corrected chi connectivity index (χ0v) is 18.8. The van der Waals surface area contributed by atoms with Crippen LogP contribution in [0.15, 0.2) is 60.1 Å². The van der Waals surface area contributed by atoms with Crippen LogP contribution in [0.4, 0.5) is 5.82 Å². The fraction of sp³-hybridized carbons (Fsp3) is 0.292. The summed E-state index contributed by atoms with van der Waals surface area (Å²) in [5, 5.41) is 3.89. The van der Waals surface area contributed by atoms with Crippen LogP contribution in [0.3, 0.4) is 0 Å². The van der Waals surface area contributed by atoms with Crippen LogP contribution in [-0.2, 0) is 11.3 Å². The predicted octanol–water partition coefficient (Wildman–Crippen LogP) is 3.77. The number of thiazole rings is 1. The highest BCUT2D eigenvalue weighted by Gasteiger charge is 2.25. The smallest absolute Gasteiger partial charge is 0.273 e. The number of ether oxygens (including phenoxy) is 1. The molecule has 4 aromatic rings. The van der Waals surface area contributed by atoms with Crippen LogP contribution in [0, 0.1) is 0 Å². The molecule has 0 spiro atoms. The van der Waals surface area contributed by atoms with Crippen LogP contribution < -0.4 is 4.90 Å². The molecule has 0 atom stereocenters. The van der Waals surface area contributed by atoms with Gasteiger partial charge in [-0.15, -0.1) is 11.3 Å². The molecular weight excluding hydrogens is 422 g/mol. The molecule has 4 heterocycles. The van der Waals surface area contributed by atoms with Gasteiger partial charge in [0.25, 0.3) is 5.91 Å². The summed E-state index contributed by atoms with van der Waals surface area (Å²) < 4.78 is 7.53. The Morgan fingerprint density at radius 2 is 1.91 bits per heavy atom. The van der Waals surface area contributed by atoms with Crippen molar-refractivity contribution in [2.45, 2.75) is 6.54 Å². The van der Waals surface area contributed by atoms with Gasteiger partial charge in [0, 0.05) is 62.3 Å². The summed E-state index contributed by atoms with van der Waals surface area (Å²) in [4.78, 5) is 26.4. The van der Waals surface area contributed by atoms with Crippen molar-refractivity contribution in [1.29, 1.82) is 0 Å². The topological polar surface area (TPSA) is 63.5 Å². The molecule has 5 rings (SSSR count). The van der Waals surface area contributed by atoms with Crippen LogP contribution in [0.5, 0.6) is 0 Å². The molecule has 1 aliphatic heterocycles. The SMILES string of the molecule is COCCn1c(-c2nc(C(=O)N3CCN(c4ccccn4)CC3)cs2)cc2ccccc21. The number of fused-ring (bicyclic) bond motifs is 1. The maximum Gasteiger partial charge on any atom is 0.273 e. The van der Waals surface area contributed by atoms with Gasteiger partial charge in [-0.1, -0.05) is 24.3 Å². The summed E-state index contributed by atoms with van der Waals surface area (Å²) in [5.41, 5.74) is 2.68. The number of para-hydroxylation sites is 1. The van der Waals surface area contributed by atoms with Crippen molar-refractivity contribution in [2.24, 2.45) is 0 Å². The summed E-state index contributed by atoms with van der Waals surface area (Å²) >= 11 is 1.51. The maximum absolute atomic E-state index is 13.1. The Labute approximate surface area is 190 Å². The van der Waals surface area contributed by atoms with Gasteiger partial charge in [-0.3, -0.25) is 4.79 Å². The van der Waals surface area contributed by atoms with Gasteiger partial charge in [0.05, 0.1) is 12.3 Å². The third-order valence-electron chi connectivity index (χ3n) is 5.81. The van der Waals surface area contributed by atoms with E-state index in [1.165, 1.54) is 11.3 Å². The highest BCUT2D eigenvalue weighted by Crippen LogP contribution is 2.31. The summed E-state index contributed by atoms with van der Waals surface area (Å²) in [5.74, 6) is 0.951. The van der Waals surface area contributed by atoms with Crippen LogP contribution in [0.2, 0.25) is 0 Å². The molecule has 8 heteroatoms. The normalized spacial score (nSPS) is 14.3. The molecule has 1 saturated heterocycles. The van der Waals surface area contributed by atoms with Crippen molar-refractivity contribution in [3.63, 3.8) is 0 Å². The van der Waals surface area contributed by atoms with E-state index in [1.54, 1.807) is 13.3 Å². The number of hydrogen-bond donors (Lipinski definition) is 0. The molecule has 32 heavy (non-hydrogen) atoms. The van der Waals surface area contributed by atoms with Crippen LogP contribution in [0.1, 0.15) is 10.5 Å². The van der Waals surface area contributed by atoms with Gasteiger partial charge in [0.1, 0.15) is 16.5 Å². The highest BCUT2D eigenvalue weighted by atomic mass is 32.1. The van der Waals surface area contributed by atoms with Crippen molar-refractivity contribution in [3.8, 4) is 10.7 Å². The first-order chi connectivity index (χ1) is 15.7. The van der Waals surface area contributed by atoms with Crippen molar-refractivity contribution >= 4 is 34.0 Å². The molecule has 7 nitrogen and oxygen atoms in total. The van der Waals surface area contributed by atoms with Crippen molar-refractivity contribution in [3.05, 3.63) is 65.8 Å². The molecule has 1 aliphatic rings. The van der Waals surface area contributed by atoms with Crippen LogP contribution >= 0.6 is 11.3 Å². The molecule has 1 fully saturated rings. The summed E-state index contributed by atoms with van der Waals surface area (Å²) in [7, 11) is 1.71. The molecule has 164 valence electrons. The summed E-state index contributed by atoms with van der Waals surface area (Å²) in [6.45, 7) is 4.21. The number of carbonyl (C=O) groups excluding carboxylic acids is 1. The molecule has 0 unspecified atom stereocenters. The van der Waals surface area contributed by atoms with Gasteiger partial charge < -0.3 is 19.1 Å². The Balaban J connectivity index is 1.34. The van der Waals surface area contributed by atoms with E-state index >= 15 is 0 Å². The first kappa shape index (κ1) is 20.7. The molecule has 1 amide bonds. The minimum absolute atomic E-state index is 0.00674. The number of carbonyl (C=O) groups is 1. The number of rotatable bonds is 6. The van der Waals surface area contributed by atoms with E-state index in [-0.39, 0.29) is 5.91 Å². The van der Waals surface area contributed by atoms with Gasteiger partial charge >= 0.3 is 0 Å². The Morgan fingerprint density at radius 1 is 1.09 bits per heavy atom. The Bertz CT molecular complexity index is 1210. The van der Waals surface area contributed by atoms with Crippen molar-refractivity contribution in [2.75, 3.05) is 44.8 Å². The first-order valence-corrected chi connectivity index (χ1v) is 11.6. The van der Waals surface area contributed by atoms with E-state index in [1.807, 2.05) is 40.6 Å². The Kier molecular flexibility index (Phi) is 5.87. The van der Waals surface area contributed by atoms with Crippen molar-refractivity contribution < 1.29 is 9.53 Å². The number of amides is 1. The number of nitrogens with zero attached hydrogens (tertiary/aromatic N) is 5. The predicted molar refractivity (Wildman–Crippen MR) is 127 cm³/mol. The number of methoxy groups -OCH3 is 1. The van der Waals surface area contributed by atoms with Gasteiger partial charge in [-0.2, -0.15) is 0 Å². The second kappa shape index (κ2) is 9.10. The number of hydrogen-bond acceptors (Lipinski definition) is 6. The lowest BCUT2D eigenvalue weighted by Crippen LogP contribution is -2.49. The van der Waals surface area contributed by atoms with E-state index in [0.29, 0.717) is 25.4 Å². The van der Waals surface area contributed by atoms with Gasteiger partial charge in [0.2, 0.25) is 0 Å². The lowest BCUT2D eigenvalue weighted by molar-refractivity contribution is 0.0741. The van der Waals surface area contributed by atoms with Gasteiger partial charge in [-0.05, 0) is 24.3 Å². The van der Waals surface area contributed by atoms with Crippen LogP contribution in [-0.4, -0.2) is 65.2 Å². The average molecular weight is 448 g/mol. The van der Waals surface area contributed by atoms with E-state index < -0.39 is 0 Å². The van der Waals surface area contributed by atoms with E-state index in [0.717, 1.165) is 47.1 Å². The van der Waals surface area contributed by atoms with E-state index in [4.69, 9.17) is 9.72 Å². The summed E-state index contributed by atoms with van der Waals surface area (Å²) in [6.07, 6.45) is 1.80. The second-order valence-corrected chi connectivity index (χ2v) is 8.60. The largest absolute Gasteiger partial charge is 0.383 e. The van der Waals surface area contributed by atoms with Crippen LogP contribution in [0.25, 0.3) is 21.6 Å². The Hall–Kier alpha value is -3.23. The minimum atomic E-state index is -0.00674. The lowest BCUT2D eigenvalue weighted by atomic mass is 10.2. The molecule has 0 aliphatic carbocycles. The second-order valence-electron chi connectivity index (χ2n) is 7.74. The zero-order valence-electron chi connectivity index (χ0n) is 18.0. The van der Waals surface area contributed by atoms with Crippen molar-refractivity contribution in [1.82, 2.24) is 19.4 Å².